The monoisotopic (exact) mass is 345 g/mol. The molecule has 0 aromatic carbocycles. The number of rotatable bonds is 7. The van der Waals surface area contributed by atoms with E-state index < -0.39 is 0 Å². The molecule has 9 nitrogen and oxygen atoms in total. The largest absolute Gasteiger partial charge is 0.478 e. The van der Waals surface area contributed by atoms with Gasteiger partial charge in [0.25, 0.3) is 5.91 Å². The summed E-state index contributed by atoms with van der Waals surface area (Å²) in [5.41, 5.74) is 0.443. The van der Waals surface area contributed by atoms with Gasteiger partial charge in [0, 0.05) is 40.5 Å². The number of carbonyl (C=O) groups is 1. The number of hydrogen-bond acceptors (Lipinski definition) is 8. The van der Waals surface area contributed by atoms with Gasteiger partial charge in [-0.05, 0) is 13.0 Å². The van der Waals surface area contributed by atoms with Crippen molar-refractivity contribution >= 4 is 17.8 Å². The summed E-state index contributed by atoms with van der Waals surface area (Å²) in [5.74, 6) is 1.78. The molecule has 1 amide bonds. The third-order valence-corrected chi connectivity index (χ3v) is 3.16. The molecule has 2 aromatic rings. The molecule has 2 heterocycles. The van der Waals surface area contributed by atoms with Gasteiger partial charge in [-0.2, -0.15) is 15.0 Å². The van der Waals surface area contributed by atoms with Gasteiger partial charge < -0.3 is 19.9 Å². The molecule has 0 saturated carbocycles. The fourth-order valence-corrected chi connectivity index (χ4v) is 1.88. The molecule has 0 atom stereocenters. The van der Waals surface area contributed by atoms with Crippen LogP contribution >= 0.6 is 0 Å². The van der Waals surface area contributed by atoms with Crippen LogP contribution in [0.4, 0.5) is 11.9 Å². The minimum Gasteiger partial charge on any atom is -0.478 e. The van der Waals surface area contributed by atoms with E-state index in [9.17, 15) is 4.79 Å². The van der Waals surface area contributed by atoms with E-state index >= 15 is 0 Å². The minimum atomic E-state index is -0.256. The Morgan fingerprint density at radius 3 is 2.20 bits per heavy atom. The number of amides is 1. The number of aromatic nitrogens is 4. The van der Waals surface area contributed by atoms with E-state index in [4.69, 9.17) is 4.74 Å². The maximum atomic E-state index is 12.2. The van der Waals surface area contributed by atoms with E-state index in [0.29, 0.717) is 35.8 Å². The van der Waals surface area contributed by atoms with Gasteiger partial charge >= 0.3 is 0 Å². The summed E-state index contributed by atoms with van der Waals surface area (Å²) in [6, 6.07) is 3.33. The van der Waals surface area contributed by atoms with Crippen LogP contribution in [0.15, 0.2) is 18.3 Å². The van der Waals surface area contributed by atoms with Gasteiger partial charge in [-0.15, -0.1) is 0 Å². The molecule has 25 heavy (non-hydrogen) atoms. The molecule has 0 bridgehead atoms. The summed E-state index contributed by atoms with van der Waals surface area (Å²) >= 11 is 0. The van der Waals surface area contributed by atoms with Crippen molar-refractivity contribution in [2.24, 2.45) is 0 Å². The summed E-state index contributed by atoms with van der Waals surface area (Å²) in [6.45, 7) is 2.59. The van der Waals surface area contributed by atoms with Crippen LogP contribution in [-0.2, 0) is 6.54 Å². The maximum absolute atomic E-state index is 12.2. The van der Waals surface area contributed by atoms with Gasteiger partial charge in [0.05, 0.1) is 18.7 Å². The highest BCUT2D eigenvalue weighted by molar-refractivity contribution is 5.93. The Morgan fingerprint density at radius 1 is 1.08 bits per heavy atom. The van der Waals surface area contributed by atoms with Crippen molar-refractivity contribution in [3.05, 3.63) is 29.7 Å². The van der Waals surface area contributed by atoms with E-state index in [1.54, 1.807) is 21.9 Å². The number of pyridine rings is 1. The van der Waals surface area contributed by atoms with E-state index in [0.717, 1.165) is 0 Å². The van der Waals surface area contributed by atoms with Gasteiger partial charge in [0.1, 0.15) is 0 Å². The fraction of sp³-hybridized carbons (Fsp3) is 0.438. The van der Waals surface area contributed by atoms with E-state index in [1.165, 1.54) is 6.20 Å². The average Bonchev–Trinajstić information content (AvgIpc) is 2.60. The van der Waals surface area contributed by atoms with Crippen LogP contribution in [0.3, 0.4) is 0 Å². The molecular formula is C16H23N7O2. The van der Waals surface area contributed by atoms with Crippen LogP contribution in [0.1, 0.15) is 23.1 Å². The number of nitrogens with zero attached hydrogens (tertiary/aromatic N) is 6. The molecule has 134 valence electrons. The Kier molecular flexibility index (Phi) is 6.04. The number of hydrogen-bond donors (Lipinski definition) is 1. The Bertz CT molecular complexity index is 691. The van der Waals surface area contributed by atoms with Crippen LogP contribution in [0.2, 0.25) is 0 Å². The van der Waals surface area contributed by atoms with Crippen LogP contribution in [0, 0.1) is 0 Å². The first-order valence-electron chi connectivity index (χ1n) is 7.87. The molecule has 0 unspecified atom stereocenters. The standard InChI is InChI=1S/C16H23N7O2/c1-6-25-13-8-7-11(9-17-13)14(24)18-10-12-19-15(22(2)3)21-16(20-12)23(4)5/h7-9H,6,10H2,1-5H3,(H,18,24). The smallest absolute Gasteiger partial charge is 0.253 e. The number of carbonyl (C=O) groups excluding carboxylic acids is 1. The van der Waals surface area contributed by atoms with E-state index in [2.05, 4.69) is 25.3 Å². The molecule has 9 heteroatoms. The molecule has 2 rings (SSSR count). The Morgan fingerprint density at radius 2 is 1.72 bits per heavy atom. The number of anilines is 2. The topological polar surface area (TPSA) is 96.4 Å². The molecule has 0 radical (unpaired) electrons. The quantitative estimate of drug-likeness (QED) is 0.784. The highest BCUT2D eigenvalue weighted by Crippen LogP contribution is 2.11. The SMILES string of the molecule is CCOc1ccc(C(=O)NCc2nc(N(C)C)nc(N(C)C)n2)cn1. The third kappa shape index (κ3) is 5.00. The molecule has 0 aliphatic carbocycles. The number of nitrogens with one attached hydrogen (secondary N) is 1. The van der Waals surface area contributed by atoms with Crippen molar-refractivity contribution in [3.63, 3.8) is 0 Å². The lowest BCUT2D eigenvalue weighted by molar-refractivity contribution is 0.0949. The van der Waals surface area contributed by atoms with Crippen molar-refractivity contribution < 1.29 is 9.53 Å². The Hall–Kier alpha value is -2.97. The van der Waals surface area contributed by atoms with Crippen LogP contribution in [0.5, 0.6) is 5.88 Å². The lowest BCUT2D eigenvalue weighted by atomic mass is 10.2. The van der Waals surface area contributed by atoms with Crippen LogP contribution in [0.25, 0.3) is 0 Å². The van der Waals surface area contributed by atoms with Crippen LogP contribution in [-0.4, -0.2) is 60.6 Å². The van der Waals surface area contributed by atoms with Gasteiger partial charge in [-0.3, -0.25) is 4.79 Å². The predicted octanol–water partition coefficient (Wildman–Crippen LogP) is 0.727. The molecular weight excluding hydrogens is 322 g/mol. The minimum absolute atomic E-state index is 0.191. The molecule has 0 saturated heterocycles. The highest BCUT2D eigenvalue weighted by Gasteiger charge is 2.12. The van der Waals surface area contributed by atoms with Gasteiger partial charge in [0.15, 0.2) is 5.82 Å². The molecule has 0 spiro atoms. The van der Waals surface area contributed by atoms with E-state index in [1.807, 2.05) is 35.1 Å². The van der Waals surface area contributed by atoms with Crippen molar-refractivity contribution in [2.45, 2.75) is 13.5 Å². The second kappa shape index (κ2) is 8.22. The molecule has 2 aromatic heterocycles. The normalized spacial score (nSPS) is 10.3. The summed E-state index contributed by atoms with van der Waals surface area (Å²) < 4.78 is 5.26. The first-order chi connectivity index (χ1) is 11.9. The molecule has 0 aliphatic heterocycles. The second-order valence-corrected chi connectivity index (χ2v) is 5.64. The summed E-state index contributed by atoms with van der Waals surface area (Å²) in [5, 5.41) is 2.79. The van der Waals surface area contributed by atoms with Crippen LogP contribution < -0.4 is 19.9 Å². The lowest BCUT2D eigenvalue weighted by Crippen LogP contribution is -2.26. The zero-order chi connectivity index (χ0) is 18.4. The lowest BCUT2D eigenvalue weighted by Gasteiger charge is -2.16. The average molecular weight is 345 g/mol. The number of ether oxygens (including phenoxy) is 1. The second-order valence-electron chi connectivity index (χ2n) is 5.64. The van der Waals surface area contributed by atoms with Gasteiger partial charge in [-0.1, -0.05) is 0 Å². The molecule has 0 fully saturated rings. The zero-order valence-corrected chi connectivity index (χ0v) is 15.1. The maximum Gasteiger partial charge on any atom is 0.253 e. The Balaban J connectivity index is 2.08. The van der Waals surface area contributed by atoms with Gasteiger partial charge in [-0.25, -0.2) is 4.98 Å². The first kappa shape index (κ1) is 18.4. The van der Waals surface area contributed by atoms with Gasteiger partial charge in [0.2, 0.25) is 17.8 Å². The molecule has 1 N–H and O–H groups in total. The zero-order valence-electron chi connectivity index (χ0n) is 15.1. The third-order valence-electron chi connectivity index (χ3n) is 3.16. The van der Waals surface area contributed by atoms with Crippen molar-refractivity contribution in [3.8, 4) is 5.88 Å². The van der Waals surface area contributed by atoms with Crippen molar-refractivity contribution in [2.75, 3.05) is 44.6 Å². The summed E-state index contributed by atoms with van der Waals surface area (Å²) in [7, 11) is 7.40. The predicted molar refractivity (Wildman–Crippen MR) is 95.1 cm³/mol. The fourth-order valence-electron chi connectivity index (χ4n) is 1.88. The Labute approximate surface area is 147 Å². The summed E-state index contributed by atoms with van der Waals surface area (Å²) in [4.78, 5) is 32.9. The van der Waals surface area contributed by atoms with Crippen molar-refractivity contribution in [1.29, 1.82) is 0 Å². The molecule has 0 aliphatic rings. The summed E-state index contributed by atoms with van der Waals surface area (Å²) in [6.07, 6.45) is 1.48. The highest BCUT2D eigenvalue weighted by atomic mass is 16.5. The first-order valence-corrected chi connectivity index (χ1v) is 7.87. The van der Waals surface area contributed by atoms with E-state index in [-0.39, 0.29) is 12.5 Å². The van der Waals surface area contributed by atoms with Crippen molar-refractivity contribution in [1.82, 2.24) is 25.3 Å².